The number of nitrogen functional groups attached to an aromatic ring is 1. The predicted octanol–water partition coefficient (Wildman–Crippen LogP) is 2.91. The summed E-state index contributed by atoms with van der Waals surface area (Å²) < 4.78 is 49.7. The van der Waals surface area contributed by atoms with Gasteiger partial charge in [-0.2, -0.15) is 13.2 Å². The lowest BCUT2D eigenvalue weighted by atomic mass is 10.0. The second kappa shape index (κ2) is 8.17. The van der Waals surface area contributed by atoms with Gasteiger partial charge in [-0.25, -0.2) is 0 Å². The Morgan fingerprint density at radius 3 is 2.67 bits per heavy atom. The summed E-state index contributed by atoms with van der Waals surface area (Å²) in [5, 5.41) is 19.5. The molecule has 0 radical (unpaired) electrons. The lowest BCUT2D eigenvalue weighted by Crippen LogP contribution is -2.50. The number of nitrogens with two attached hydrogens (primary N) is 1. The third-order valence-electron chi connectivity index (χ3n) is 5.19. The molecule has 10 heteroatoms. The zero-order chi connectivity index (χ0) is 22.1. The summed E-state index contributed by atoms with van der Waals surface area (Å²) >= 11 is 0. The number of nitrogens with one attached hydrogen (secondary N) is 3. The molecule has 1 aromatic rings. The molecule has 5 N–H and O–H groups in total. The van der Waals surface area contributed by atoms with Crippen molar-refractivity contribution >= 4 is 17.1 Å². The molecular formula is C20H26F3N5O2. The molecule has 1 aliphatic heterocycles. The van der Waals surface area contributed by atoms with E-state index in [2.05, 4.69) is 5.32 Å². The third kappa shape index (κ3) is 5.05. The fraction of sp³-hybridized carbons (Fsp3) is 0.500. The van der Waals surface area contributed by atoms with Crippen LogP contribution in [0.4, 0.5) is 18.9 Å². The Morgan fingerprint density at radius 1 is 1.37 bits per heavy atom. The Bertz CT molecular complexity index is 864. The summed E-state index contributed by atoms with van der Waals surface area (Å²) in [5.74, 6) is 0.870. The van der Waals surface area contributed by atoms with Gasteiger partial charge in [0.25, 0.3) is 0 Å². The summed E-state index contributed by atoms with van der Waals surface area (Å²) in [6.07, 6.45) is -3.13. The highest BCUT2D eigenvalue weighted by molar-refractivity contribution is 6.50. The summed E-state index contributed by atoms with van der Waals surface area (Å²) in [5.41, 5.74) is 6.12. The van der Waals surface area contributed by atoms with E-state index in [1.807, 2.05) is 6.92 Å². The van der Waals surface area contributed by atoms with Crippen molar-refractivity contribution in [3.05, 3.63) is 35.7 Å². The number of hydrogen-bond acceptors (Lipinski definition) is 7. The van der Waals surface area contributed by atoms with E-state index in [4.69, 9.17) is 26.0 Å². The summed E-state index contributed by atoms with van der Waals surface area (Å²) in [7, 11) is 1.56. The van der Waals surface area contributed by atoms with Gasteiger partial charge in [-0.05, 0) is 38.0 Å². The highest BCUT2D eigenvalue weighted by atomic mass is 19.4. The highest BCUT2D eigenvalue weighted by Gasteiger charge is 2.43. The minimum atomic E-state index is -4.47. The first-order chi connectivity index (χ1) is 14.0. The van der Waals surface area contributed by atoms with Gasteiger partial charge in [0.05, 0.1) is 24.6 Å². The van der Waals surface area contributed by atoms with Crippen molar-refractivity contribution in [2.24, 2.45) is 0 Å². The Balaban J connectivity index is 1.77. The largest absolute Gasteiger partial charge is 0.488 e. The van der Waals surface area contributed by atoms with Crippen molar-refractivity contribution in [2.75, 3.05) is 32.5 Å². The minimum absolute atomic E-state index is 0.0842. The molecule has 1 atom stereocenters. The van der Waals surface area contributed by atoms with Gasteiger partial charge in [-0.15, -0.1) is 0 Å². The Labute approximate surface area is 173 Å². The molecule has 2 fully saturated rings. The average Bonchev–Trinajstić information content (AvgIpc) is 3.43. The quantitative estimate of drug-likeness (QED) is 0.397. The average molecular weight is 425 g/mol. The van der Waals surface area contributed by atoms with Gasteiger partial charge < -0.3 is 25.4 Å². The molecule has 7 nitrogen and oxygen atoms in total. The number of anilines is 1. The lowest BCUT2D eigenvalue weighted by Gasteiger charge is -2.36. The summed E-state index contributed by atoms with van der Waals surface area (Å²) in [6.45, 7) is 1.76. The first-order valence-corrected chi connectivity index (χ1v) is 9.61. The maximum absolute atomic E-state index is 13.0. The fourth-order valence-corrected chi connectivity index (χ4v) is 3.12. The van der Waals surface area contributed by atoms with Crippen LogP contribution in [0.2, 0.25) is 0 Å². The van der Waals surface area contributed by atoms with Crippen LogP contribution in [0.25, 0.3) is 0 Å². The second-order valence-corrected chi connectivity index (χ2v) is 7.72. The van der Waals surface area contributed by atoms with Crippen molar-refractivity contribution in [3.8, 4) is 5.75 Å². The number of alkyl halides is 3. The topological polar surface area (TPSA) is 107 Å². The van der Waals surface area contributed by atoms with Crippen LogP contribution in [0.5, 0.6) is 5.75 Å². The van der Waals surface area contributed by atoms with Gasteiger partial charge in [-0.1, -0.05) is 0 Å². The molecule has 0 amide bonds. The fourth-order valence-electron chi connectivity index (χ4n) is 3.12. The Kier molecular flexibility index (Phi) is 5.98. The molecule has 0 aromatic heterocycles. The maximum Gasteiger partial charge on any atom is 0.416 e. The van der Waals surface area contributed by atoms with Crippen molar-refractivity contribution in [1.29, 1.82) is 10.8 Å². The monoisotopic (exact) mass is 425 g/mol. The number of rotatable bonds is 7. The van der Waals surface area contributed by atoms with Crippen LogP contribution in [0.3, 0.4) is 0 Å². The number of benzene rings is 1. The van der Waals surface area contributed by atoms with Crippen molar-refractivity contribution < 1.29 is 22.6 Å². The van der Waals surface area contributed by atoms with E-state index in [9.17, 15) is 13.2 Å². The number of allylic oxidation sites excluding steroid dienone is 1. The highest BCUT2D eigenvalue weighted by Crippen LogP contribution is 2.40. The molecule has 0 spiro atoms. The summed E-state index contributed by atoms with van der Waals surface area (Å²) in [6, 6.07) is 4.97. The number of ether oxygens (including phenoxy) is 2. The molecule has 1 unspecified atom stereocenters. The van der Waals surface area contributed by atoms with Crippen molar-refractivity contribution in [1.82, 2.24) is 10.2 Å². The van der Waals surface area contributed by atoms with Crippen LogP contribution in [-0.2, 0) is 4.74 Å². The Hall–Kier alpha value is -2.75. The van der Waals surface area contributed by atoms with E-state index in [1.54, 1.807) is 25.2 Å². The van der Waals surface area contributed by atoms with E-state index in [0.29, 0.717) is 22.8 Å². The van der Waals surface area contributed by atoms with Gasteiger partial charge in [0.2, 0.25) is 0 Å². The van der Waals surface area contributed by atoms with Gasteiger partial charge >= 0.3 is 6.18 Å². The number of hydrogen-bond donors (Lipinski definition) is 4. The van der Waals surface area contributed by atoms with E-state index < -0.39 is 12.3 Å². The smallest absolute Gasteiger partial charge is 0.416 e. The third-order valence-corrected chi connectivity index (χ3v) is 5.19. The van der Waals surface area contributed by atoms with E-state index in [0.717, 1.165) is 12.8 Å². The summed E-state index contributed by atoms with van der Waals surface area (Å²) in [4.78, 5) is 1.46. The van der Waals surface area contributed by atoms with Crippen LogP contribution >= 0.6 is 0 Å². The SMILES string of the molecule is CN/C(=C\C(=N)C(=N)c1cc(OC2(C)CC2)ccc1N)N1CCOC(C(F)(F)F)C1. The second-order valence-electron chi connectivity index (χ2n) is 7.72. The predicted molar refractivity (Wildman–Crippen MR) is 108 cm³/mol. The van der Waals surface area contributed by atoms with Crippen LogP contribution in [0, 0.1) is 10.8 Å². The lowest BCUT2D eigenvalue weighted by molar-refractivity contribution is -0.235. The van der Waals surface area contributed by atoms with Gasteiger partial charge in [0.1, 0.15) is 17.2 Å². The van der Waals surface area contributed by atoms with E-state index >= 15 is 0 Å². The molecule has 1 heterocycles. The molecular weight excluding hydrogens is 399 g/mol. The van der Waals surface area contributed by atoms with Gasteiger partial charge in [-0.3, -0.25) is 10.8 Å². The number of halogens is 3. The van der Waals surface area contributed by atoms with E-state index in [1.165, 1.54) is 11.0 Å². The molecule has 164 valence electrons. The van der Waals surface area contributed by atoms with Gasteiger partial charge in [0.15, 0.2) is 6.10 Å². The van der Waals surface area contributed by atoms with Crippen molar-refractivity contribution in [3.63, 3.8) is 0 Å². The standard InChI is InChI=1S/C20H26F3N5O2/c1-19(5-6-19)30-12-3-4-14(24)13(9-12)18(26)15(25)10-17(27-2)28-7-8-29-16(11-28)20(21,22)23/h3-4,9-10,16,25-27H,5-8,11,24H2,1-2H3/b17-10+,25-15?,26-18?. The van der Waals surface area contributed by atoms with Crippen LogP contribution in [-0.4, -0.2) is 60.9 Å². The molecule has 1 aromatic carbocycles. The number of nitrogens with zero attached hydrogens (tertiary/aromatic N) is 1. The molecule has 3 rings (SSSR count). The minimum Gasteiger partial charge on any atom is -0.488 e. The number of morpholine rings is 1. The van der Waals surface area contributed by atoms with Crippen LogP contribution in [0.1, 0.15) is 25.3 Å². The van der Waals surface area contributed by atoms with Crippen LogP contribution < -0.4 is 15.8 Å². The molecule has 2 aliphatic rings. The first-order valence-electron chi connectivity index (χ1n) is 9.61. The molecule has 1 aliphatic carbocycles. The maximum atomic E-state index is 13.0. The van der Waals surface area contributed by atoms with Crippen LogP contribution in [0.15, 0.2) is 30.1 Å². The molecule has 1 saturated heterocycles. The normalized spacial score (nSPS) is 21.2. The molecule has 1 saturated carbocycles. The van der Waals surface area contributed by atoms with Crippen molar-refractivity contribution in [2.45, 2.75) is 37.6 Å². The zero-order valence-corrected chi connectivity index (χ0v) is 16.9. The van der Waals surface area contributed by atoms with Gasteiger partial charge in [0, 0.05) is 30.9 Å². The van der Waals surface area contributed by atoms with E-state index in [-0.39, 0.29) is 36.7 Å². The molecule has 0 bridgehead atoms. The first kappa shape index (κ1) is 21.9. The Morgan fingerprint density at radius 2 is 2.07 bits per heavy atom. The zero-order valence-electron chi connectivity index (χ0n) is 16.9. The molecule has 30 heavy (non-hydrogen) atoms.